The average Bonchev–Trinajstić information content (AvgIpc) is 2.38. The van der Waals surface area contributed by atoms with Crippen molar-refractivity contribution in [2.24, 2.45) is 0 Å². The first kappa shape index (κ1) is 11.7. The molecule has 1 aromatic carbocycles. The van der Waals surface area contributed by atoms with E-state index in [0.717, 1.165) is 37.2 Å². The van der Waals surface area contributed by atoms with Gasteiger partial charge in [0.15, 0.2) is 0 Å². The predicted octanol–water partition coefficient (Wildman–Crippen LogP) is 2.01. The Morgan fingerprint density at radius 2 is 1.94 bits per heavy atom. The van der Waals surface area contributed by atoms with Crippen molar-refractivity contribution < 1.29 is 5.11 Å². The lowest BCUT2D eigenvalue weighted by Crippen LogP contribution is -2.34. The fraction of sp³-hybridized carbons (Fsp3) is 0.357. The fourth-order valence-corrected chi connectivity index (χ4v) is 2.13. The number of allylic oxidation sites excluding steroid dienone is 1. The highest BCUT2D eigenvalue weighted by molar-refractivity contribution is 5.66. The highest BCUT2D eigenvalue weighted by Gasteiger charge is 2.19. The van der Waals surface area contributed by atoms with Crippen molar-refractivity contribution >= 4 is 5.70 Å². The van der Waals surface area contributed by atoms with Crippen LogP contribution in [0.2, 0.25) is 0 Å². The van der Waals surface area contributed by atoms with E-state index < -0.39 is 0 Å². The normalized spacial score (nSPS) is 17.9. The van der Waals surface area contributed by atoms with Crippen LogP contribution < -0.4 is 0 Å². The summed E-state index contributed by atoms with van der Waals surface area (Å²) in [4.78, 5) is 2.17. The van der Waals surface area contributed by atoms with Crippen LogP contribution in [0.15, 0.2) is 36.4 Å². The zero-order chi connectivity index (χ0) is 12.1. The van der Waals surface area contributed by atoms with Crippen LogP contribution in [-0.4, -0.2) is 29.2 Å². The Hall–Kier alpha value is -1.79. The summed E-state index contributed by atoms with van der Waals surface area (Å²) >= 11 is 0. The molecule has 0 radical (unpaired) electrons. The van der Waals surface area contributed by atoms with Crippen LogP contribution in [0.5, 0.6) is 0 Å². The molecule has 1 heterocycles. The Balaban J connectivity index is 2.20. The Kier molecular flexibility index (Phi) is 3.79. The van der Waals surface area contributed by atoms with Gasteiger partial charge in [-0.05, 0) is 18.4 Å². The Bertz CT molecular complexity index is 425. The molecule has 1 saturated heterocycles. The summed E-state index contributed by atoms with van der Waals surface area (Å²) in [6.07, 6.45) is 2.95. The first-order valence-corrected chi connectivity index (χ1v) is 5.89. The molecule has 1 aliphatic rings. The first-order chi connectivity index (χ1) is 8.31. The van der Waals surface area contributed by atoms with Crippen molar-refractivity contribution in [1.82, 2.24) is 4.90 Å². The lowest BCUT2D eigenvalue weighted by atomic mass is 10.0. The molecular weight excluding hydrogens is 212 g/mol. The smallest absolute Gasteiger partial charge is 0.0934 e. The predicted molar refractivity (Wildman–Crippen MR) is 66.8 cm³/mol. The molecule has 1 aliphatic heterocycles. The molecule has 0 unspecified atom stereocenters. The van der Waals surface area contributed by atoms with E-state index in [1.54, 1.807) is 6.08 Å². The molecule has 1 N–H and O–H groups in total. The van der Waals surface area contributed by atoms with Crippen LogP contribution >= 0.6 is 0 Å². The molecule has 0 amide bonds. The number of likely N-dealkylation sites (tertiary alicyclic amines) is 1. The SMILES string of the molecule is N#C/C=C(\c1ccccc1)N1CCC(O)CC1. The third-order valence-electron chi connectivity index (χ3n) is 3.08. The topological polar surface area (TPSA) is 47.3 Å². The molecule has 17 heavy (non-hydrogen) atoms. The van der Waals surface area contributed by atoms with Crippen molar-refractivity contribution in [2.75, 3.05) is 13.1 Å². The maximum atomic E-state index is 9.50. The quantitative estimate of drug-likeness (QED) is 0.788. The number of aliphatic hydroxyl groups is 1. The van der Waals surface area contributed by atoms with E-state index in [-0.39, 0.29) is 6.10 Å². The van der Waals surface area contributed by atoms with Gasteiger partial charge < -0.3 is 10.0 Å². The van der Waals surface area contributed by atoms with Gasteiger partial charge in [0.1, 0.15) is 0 Å². The van der Waals surface area contributed by atoms with Gasteiger partial charge in [-0.3, -0.25) is 0 Å². The van der Waals surface area contributed by atoms with Crippen LogP contribution in [0.3, 0.4) is 0 Å². The second kappa shape index (κ2) is 5.51. The fourth-order valence-electron chi connectivity index (χ4n) is 2.13. The van der Waals surface area contributed by atoms with Gasteiger partial charge >= 0.3 is 0 Å². The van der Waals surface area contributed by atoms with Crippen molar-refractivity contribution in [2.45, 2.75) is 18.9 Å². The first-order valence-electron chi connectivity index (χ1n) is 5.89. The number of nitriles is 1. The number of hydrogen-bond acceptors (Lipinski definition) is 3. The molecule has 0 bridgehead atoms. The largest absolute Gasteiger partial charge is 0.393 e. The number of hydrogen-bond donors (Lipinski definition) is 1. The number of piperidine rings is 1. The number of benzene rings is 1. The van der Waals surface area contributed by atoms with Crippen LogP contribution in [0.1, 0.15) is 18.4 Å². The molecule has 3 nitrogen and oxygen atoms in total. The summed E-state index contributed by atoms with van der Waals surface area (Å²) in [5.41, 5.74) is 2.02. The summed E-state index contributed by atoms with van der Waals surface area (Å²) in [5.74, 6) is 0. The molecule has 1 fully saturated rings. The Morgan fingerprint density at radius 1 is 1.29 bits per heavy atom. The van der Waals surface area contributed by atoms with E-state index in [1.165, 1.54) is 0 Å². The minimum absolute atomic E-state index is 0.189. The second-order valence-corrected chi connectivity index (χ2v) is 4.24. The standard InChI is InChI=1S/C14H16N2O/c15-9-6-14(12-4-2-1-3-5-12)16-10-7-13(17)8-11-16/h1-6,13,17H,7-8,10-11H2/b14-6+. The maximum Gasteiger partial charge on any atom is 0.0934 e. The molecule has 0 aliphatic carbocycles. The van der Waals surface area contributed by atoms with E-state index in [4.69, 9.17) is 5.26 Å². The van der Waals surface area contributed by atoms with E-state index >= 15 is 0 Å². The molecule has 0 saturated carbocycles. The van der Waals surface area contributed by atoms with Crippen molar-refractivity contribution in [1.29, 1.82) is 5.26 Å². The molecule has 0 aromatic heterocycles. The van der Waals surface area contributed by atoms with E-state index in [2.05, 4.69) is 11.0 Å². The van der Waals surface area contributed by atoms with E-state index in [0.29, 0.717) is 0 Å². The third-order valence-corrected chi connectivity index (χ3v) is 3.08. The average molecular weight is 228 g/mol. The molecule has 1 aromatic rings. The van der Waals surface area contributed by atoms with Gasteiger partial charge in [-0.2, -0.15) is 5.26 Å². The van der Waals surface area contributed by atoms with Crippen LogP contribution in [0, 0.1) is 11.3 Å². The highest BCUT2D eigenvalue weighted by Crippen LogP contribution is 2.23. The summed E-state index contributed by atoms with van der Waals surface area (Å²) in [6.45, 7) is 1.62. The van der Waals surface area contributed by atoms with Crippen molar-refractivity contribution in [3.63, 3.8) is 0 Å². The van der Waals surface area contributed by atoms with Gasteiger partial charge in [0.25, 0.3) is 0 Å². The summed E-state index contributed by atoms with van der Waals surface area (Å²) in [5, 5.41) is 18.4. The van der Waals surface area contributed by atoms with Crippen LogP contribution in [0.4, 0.5) is 0 Å². The summed E-state index contributed by atoms with van der Waals surface area (Å²) < 4.78 is 0. The minimum atomic E-state index is -0.189. The van der Waals surface area contributed by atoms with Gasteiger partial charge in [-0.1, -0.05) is 30.3 Å². The molecule has 2 rings (SSSR count). The third kappa shape index (κ3) is 2.86. The monoisotopic (exact) mass is 228 g/mol. The lowest BCUT2D eigenvalue weighted by Gasteiger charge is -2.33. The molecule has 3 heteroatoms. The molecule has 0 spiro atoms. The number of rotatable bonds is 2. The molecule has 0 atom stereocenters. The number of aliphatic hydroxyl groups excluding tert-OH is 1. The van der Waals surface area contributed by atoms with Gasteiger partial charge in [0.2, 0.25) is 0 Å². The van der Waals surface area contributed by atoms with Gasteiger partial charge in [-0.25, -0.2) is 0 Å². The van der Waals surface area contributed by atoms with Gasteiger partial charge in [0, 0.05) is 19.2 Å². The highest BCUT2D eigenvalue weighted by atomic mass is 16.3. The van der Waals surface area contributed by atoms with E-state index in [9.17, 15) is 5.11 Å². The van der Waals surface area contributed by atoms with Crippen LogP contribution in [0.25, 0.3) is 5.70 Å². The molecule has 88 valence electrons. The van der Waals surface area contributed by atoms with Gasteiger partial charge in [-0.15, -0.1) is 0 Å². The van der Waals surface area contributed by atoms with Crippen molar-refractivity contribution in [3.05, 3.63) is 42.0 Å². The van der Waals surface area contributed by atoms with Crippen LogP contribution in [-0.2, 0) is 0 Å². The zero-order valence-electron chi connectivity index (χ0n) is 9.71. The maximum absolute atomic E-state index is 9.50. The zero-order valence-corrected chi connectivity index (χ0v) is 9.71. The number of nitrogens with zero attached hydrogens (tertiary/aromatic N) is 2. The van der Waals surface area contributed by atoms with Crippen molar-refractivity contribution in [3.8, 4) is 6.07 Å². The molecular formula is C14H16N2O. The van der Waals surface area contributed by atoms with E-state index in [1.807, 2.05) is 30.3 Å². The van der Waals surface area contributed by atoms with Gasteiger partial charge in [0.05, 0.1) is 17.9 Å². The summed E-state index contributed by atoms with van der Waals surface area (Å²) in [6, 6.07) is 12.0. The summed E-state index contributed by atoms with van der Waals surface area (Å²) in [7, 11) is 0. The second-order valence-electron chi connectivity index (χ2n) is 4.24. The lowest BCUT2D eigenvalue weighted by molar-refractivity contribution is 0.106. The Morgan fingerprint density at radius 3 is 2.53 bits per heavy atom. The minimum Gasteiger partial charge on any atom is -0.393 e. The Labute approximate surface area is 102 Å².